The molecule has 10 heteroatoms. The van der Waals surface area contributed by atoms with Crippen LogP contribution in [0.1, 0.15) is 11.3 Å². The first kappa shape index (κ1) is 25.7. The van der Waals surface area contributed by atoms with Crippen molar-refractivity contribution in [2.24, 2.45) is 0 Å². The molecule has 0 aliphatic heterocycles. The number of hydrogen-bond donors (Lipinski definition) is 3. The molecular weight excluding hydrogens is 476 g/mol. The molecule has 0 saturated carbocycles. The van der Waals surface area contributed by atoms with Crippen LogP contribution in [0, 0.1) is 6.92 Å². The van der Waals surface area contributed by atoms with Gasteiger partial charge in [0, 0.05) is 34.3 Å². The van der Waals surface area contributed by atoms with Crippen molar-refractivity contribution in [3.05, 3.63) is 65.9 Å². The summed E-state index contributed by atoms with van der Waals surface area (Å²) >= 11 is 0. The second kappa shape index (κ2) is 10.3. The summed E-state index contributed by atoms with van der Waals surface area (Å²) in [5.74, 6) is 2.05. The van der Waals surface area contributed by atoms with Gasteiger partial charge < -0.3 is 29.4 Å². The molecule has 1 heterocycles. The van der Waals surface area contributed by atoms with E-state index in [1.54, 1.807) is 39.7 Å². The normalized spacial score (nSPS) is 11.4. The van der Waals surface area contributed by atoms with Crippen molar-refractivity contribution in [1.82, 2.24) is 10.2 Å². The Balaban J connectivity index is 1.72. The van der Waals surface area contributed by atoms with Crippen molar-refractivity contribution >= 4 is 41.6 Å². The summed E-state index contributed by atoms with van der Waals surface area (Å²) in [6, 6.07) is 16.7. The highest BCUT2D eigenvalue weighted by atomic mass is 31.2. The maximum Gasteiger partial charge on any atom is 0.488 e. The summed E-state index contributed by atoms with van der Waals surface area (Å²) in [6.45, 7) is 5.69. The van der Waals surface area contributed by atoms with Gasteiger partial charge in [-0.3, -0.25) is 0 Å². The lowest BCUT2D eigenvalue weighted by Gasteiger charge is -2.15. The highest BCUT2D eigenvalue weighted by molar-refractivity contribution is 7.70. The van der Waals surface area contributed by atoms with E-state index in [2.05, 4.69) is 15.5 Å². The van der Waals surface area contributed by atoms with Gasteiger partial charge in [-0.25, -0.2) is 0 Å². The van der Waals surface area contributed by atoms with Crippen molar-refractivity contribution in [2.45, 2.75) is 13.5 Å². The largest absolute Gasteiger partial charge is 0.497 e. The van der Waals surface area contributed by atoms with E-state index in [1.165, 1.54) is 0 Å². The molecular formula is C26H29BN3O5P. The van der Waals surface area contributed by atoms with Crippen LogP contribution in [0.15, 0.2) is 54.6 Å². The summed E-state index contributed by atoms with van der Waals surface area (Å²) in [6.07, 6.45) is 0. The number of hydrogen-bond acceptors (Lipinski definition) is 8. The first-order chi connectivity index (χ1) is 17.1. The predicted octanol–water partition coefficient (Wildman–Crippen LogP) is 3.16. The molecule has 0 aliphatic rings. The fourth-order valence-corrected chi connectivity index (χ4v) is 4.94. The molecule has 0 unspecified atom stereocenters. The highest BCUT2D eigenvalue weighted by Gasteiger charge is 2.19. The zero-order valence-electron chi connectivity index (χ0n) is 20.9. The van der Waals surface area contributed by atoms with Gasteiger partial charge in [-0.2, -0.15) is 5.10 Å². The van der Waals surface area contributed by atoms with Gasteiger partial charge in [0.2, 0.25) is 0 Å². The zero-order chi connectivity index (χ0) is 26.0. The number of fused-ring (bicyclic) bond motifs is 1. The summed E-state index contributed by atoms with van der Waals surface area (Å²) < 4.78 is 23.5. The Morgan fingerprint density at radius 2 is 1.69 bits per heavy atom. The standard InChI is InChI=1S/C26H29BN3O5P/c1-16-24-12-17(19-10-20(27(31)32)13-22(11-19)36(4,5)33)7-9-23(24)26(30-29-16)28-15-18-6-8-21(34-2)14-25(18)35-3/h6-14,31-32H,15H2,1-5H3,(H,28,30). The topological polar surface area (TPSA) is 114 Å². The number of aryl methyl sites for hydroxylation is 1. The van der Waals surface area contributed by atoms with Crippen LogP contribution in [0.25, 0.3) is 21.9 Å². The van der Waals surface area contributed by atoms with Crippen molar-refractivity contribution in [3.8, 4) is 22.6 Å². The van der Waals surface area contributed by atoms with E-state index in [0.29, 0.717) is 34.6 Å². The molecule has 0 spiro atoms. The van der Waals surface area contributed by atoms with Crippen LogP contribution in [0.5, 0.6) is 11.5 Å². The number of rotatable bonds is 8. The zero-order valence-corrected chi connectivity index (χ0v) is 21.8. The van der Waals surface area contributed by atoms with E-state index >= 15 is 0 Å². The average molecular weight is 505 g/mol. The van der Waals surface area contributed by atoms with Gasteiger partial charge in [0.25, 0.3) is 0 Å². The second-order valence-corrected chi connectivity index (χ2v) is 12.2. The molecule has 0 fully saturated rings. The van der Waals surface area contributed by atoms with E-state index in [0.717, 1.165) is 33.2 Å². The molecule has 4 rings (SSSR count). The van der Waals surface area contributed by atoms with Gasteiger partial charge in [0.15, 0.2) is 5.82 Å². The molecule has 0 amide bonds. The van der Waals surface area contributed by atoms with E-state index in [9.17, 15) is 14.6 Å². The Hall–Kier alpha value is -3.39. The number of nitrogens with one attached hydrogen (secondary N) is 1. The van der Waals surface area contributed by atoms with Gasteiger partial charge in [-0.1, -0.05) is 18.2 Å². The lowest BCUT2D eigenvalue weighted by molar-refractivity contribution is 0.391. The molecule has 0 saturated heterocycles. The third-order valence-electron chi connectivity index (χ3n) is 6.10. The van der Waals surface area contributed by atoms with E-state index < -0.39 is 14.3 Å². The smallest absolute Gasteiger partial charge is 0.488 e. The van der Waals surface area contributed by atoms with E-state index in [1.807, 2.05) is 49.4 Å². The van der Waals surface area contributed by atoms with Crippen LogP contribution in [0.4, 0.5) is 5.82 Å². The Bertz CT molecular complexity index is 1470. The second-order valence-electron chi connectivity index (χ2n) is 8.96. The highest BCUT2D eigenvalue weighted by Crippen LogP contribution is 2.36. The number of anilines is 1. The quantitative estimate of drug-likeness (QED) is 0.247. The molecule has 0 aliphatic carbocycles. The third kappa shape index (κ3) is 5.38. The van der Waals surface area contributed by atoms with Gasteiger partial charge in [-0.15, -0.1) is 5.10 Å². The number of ether oxygens (including phenoxy) is 2. The fourth-order valence-electron chi connectivity index (χ4n) is 4.03. The monoisotopic (exact) mass is 505 g/mol. The molecule has 3 aromatic carbocycles. The summed E-state index contributed by atoms with van der Waals surface area (Å²) in [4.78, 5) is 0. The first-order valence-corrected chi connectivity index (χ1v) is 14.0. The maximum absolute atomic E-state index is 12.8. The van der Waals surface area contributed by atoms with Gasteiger partial charge in [0.1, 0.15) is 18.6 Å². The molecule has 0 bridgehead atoms. The predicted molar refractivity (Wildman–Crippen MR) is 145 cm³/mol. The van der Waals surface area contributed by atoms with Crippen molar-refractivity contribution in [3.63, 3.8) is 0 Å². The van der Waals surface area contributed by atoms with Crippen molar-refractivity contribution < 1.29 is 24.1 Å². The third-order valence-corrected chi connectivity index (χ3v) is 7.60. The van der Waals surface area contributed by atoms with Crippen molar-refractivity contribution in [2.75, 3.05) is 32.9 Å². The van der Waals surface area contributed by atoms with Crippen molar-refractivity contribution in [1.29, 1.82) is 0 Å². The molecule has 4 aromatic rings. The molecule has 0 radical (unpaired) electrons. The maximum atomic E-state index is 12.8. The minimum Gasteiger partial charge on any atom is -0.497 e. The lowest BCUT2D eigenvalue weighted by Crippen LogP contribution is -2.32. The Kier molecular flexibility index (Phi) is 7.36. The van der Waals surface area contributed by atoms with Crippen LogP contribution < -0.4 is 25.6 Å². The summed E-state index contributed by atoms with van der Waals surface area (Å²) in [5.41, 5.74) is 3.59. The minimum absolute atomic E-state index is 0.298. The Morgan fingerprint density at radius 3 is 2.36 bits per heavy atom. The molecule has 36 heavy (non-hydrogen) atoms. The van der Waals surface area contributed by atoms with Gasteiger partial charge in [0.05, 0.1) is 19.9 Å². The molecule has 186 valence electrons. The van der Waals surface area contributed by atoms with Gasteiger partial charge in [-0.05, 0) is 67.2 Å². The minimum atomic E-state index is -2.62. The van der Waals surface area contributed by atoms with E-state index in [-0.39, 0.29) is 0 Å². The van der Waals surface area contributed by atoms with Crippen LogP contribution in [-0.2, 0) is 11.1 Å². The lowest BCUT2D eigenvalue weighted by atomic mass is 9.79. The first-order valence-electron chi connectivity index (χ1n) is 11.4. The Labute approximate surface area is 210 Å². The summed E-state index contributed by atoms with van der Waals surface area (Å²) in [7, 11) is -1.05. The van der Waals surface area contributed by atoms with Crippen LogP contribution in [0.3, 0.4) is 0 Å². The number of methoxy groups -OCH3 is 2. The van der Waals surface area contributed by atoms with Crippen LogP contribution >= 0.6 is 7.14 Å². The van der Waals surface area contributed by atoms with E-state index in [4.69, 9.17) is 9.47 Å². The fraction of sp³-hybridized carbons (Fsp3) is 0.231. The molecule has 0 atom stereocenters. The average Bonchev–Trinajstić information content (AvgIpc) is 2.87. The number of nitrogens with zero attached hydrogens (tertiary/aromatic N) is 2. The molecule has 1 aromatic heterocycles. The van der Waals surface area contributed by atoms with Gasteiger partial charge >= 0.3 is 7.12 Å². The van der Waals surface area contributed by atoms with Crippen LogP contribution in [0.2, 0.25) is 0 Å². The van der Waals surface area contributed by atoms with Crippen LogP contribution in [-0.4, -0.2) is 54.9 Å². The number of aromatic nitrogens is 2. The number of benzene rings is 3. The summed E-state index contributed by atoms with van der Waals surface area (Å²) in [5, 5.41) is 34.0. The SMILES string of the molecule is COc1ccc(CNc2nnc(C)c3cc(-c4cc(B(O)O)cc(P(C)(C)=O)c4)ccc23)c(OC)c1. The Morgan fingerprint density at radius 1 is 0.917 bits per heavy atom. The molecule has 8 nitrogen and oxygen atoms in total. The molecule has 3 N–H and O–H groups in total.